The molecule has 3 nitrogen and oxygen atoms in total. The van der Waals surface area contributed by atoms with Gasteiger partial charge in [-0.15, -0.1) is 0 Å². The summed E-state index contributed by atoms with van der Waals surface area (Å²) < 4.78 is 4.43. The second kappa shape index (κ2) is 4.25. The van der Waals surface area contributed by atoms with Gasteiger partial charge >= 0.3 is 7.55 Å². The second-order valence-electron chi connectivity index (χ2n) is 5.60. The summed E-state index contributed by atoms with van der Waals surface area (Å²) >= 11 is 0. The molecule has 4 heteroatoms. The molecule has 0 aliphatic carbocycles. The number of nitrogen functional groups attached to an aromatic ring is 1. The van der Waals surface area contributed by atoms with Gasteiger partial charge in [-0.25, -0.2) is 0 Å². The number of anilines is 1. The Balaban J connectivity index is 2.04. The molecular formula is C17H16BN3+. The Bertz CT molecular complexity index is 836. The predicted octanol–water partition coefficient (Wildman–Crippen LogP) is 2.50. The number of hydrogen-bond acceptors (Lipinski definition) is 1. The van der Waals surface area contributed by atoms with Gasteiger partial charge in [-0.2, -0.15) is 0 Å². The van der Waals surface area contributed by atoms with Crippen LogP contribution in [0.5, 0.6) is 0 Å². The quantitative estimate of drug-likeness (QED) is 0.628. The van der Waals surface area contributed by atoms with Gasteiger partial charge in [0.2, 0.25) is 0 Å². The van der Waals surface area contributed by atoms with E-state index in [0.29, 0.717) is 0 Å². The summed E-state index contributed by atoms with van der Waals surface area (Å²) in [6.07, 6.45) is 6.33. The highest BCUT2D eigenvalue weighted by Gasteiger charge is 2.35. The average Bonchev–Trinajstić information content (AvgIpc) is 3.04. The molecule has 1 radical (unpaired) electrons. The lowest BCUT2D eigenvalue weighted by Gasteiger charge is -2.18. The third kappa shape index (κ3) is 1.72. The van der Waals surface area contributed by atoms with E-state index in [4.69, 9.17) is 5.73 Å². The minimum atomic E-state index is 0.792. The number of aromatic nitrogens is 1. The van der Waals surface area contributed by atoms with Gasteiger partial charge < -0.3 is 10.2 Å². The van der Waals surface area contributed by atoms with Crippen LogP contribution < -0.4 is 5.73 Å². The van der Waals surface area contributed by atoms with Gasteiger partial charge in [-0.1, -0.05) is 12.1 Å². The van der Waals surface area contributed by atoms with Gasteiger partial charge in [-0.3, -0.25) is 4.49 Å². The van der Waals surface area contributed by atoms with E-state index < -0.39 is 0 Å². The molecule has 0 bridgehead atoms. The molecule has 0 saturated heterocycles. The van der Waals surface area contributed by atoms with Crippen molar-refractivity contribution < 1.29 is 4.49 Å². The first-order chi connectivity index (χ1) is 10.1. The standard InChI is InChI=1S/C17H16BN3/c1-11-10-12(2)21-17(11)16(13-5-7-14(19)8-6-13)15-4-3-9-20(15)18-21/h3-10H,19H2,1-2H3/q+1. The Kier molecular flexibility index (Phi) is 2.48. The van der Waals surface area contributed by atoms with Crippen molar-refractivity contribution >= 4 is 25.0 Å². The van der Waals surface area contributed by atoms with Gasteiger partial charge in [0.1, 0.15) is 6.21 Å². The van der Waals surface area contributed by atoms with Crippen molar-refractivity contribution in [3.8, 4) is 0 Å². The fourth-order valence-electron chi connectivity index (χ4n) is 3.17. The van der Waals surface area contributed by atoms with E-state index in [0.717, 1.165) is 5.69 Å². The average molecular weight is 273 g/mol. The van der Waals surface area contributed by atoms with Gasteiger partial charge in [0, 0.05) is 23.5 Å². The van der Waals surface area contributed by atoms with Crippen LogP contribution in [-0.2, 0) is 0 Å². The Labute approximate surface area is 125 Å². The first kappa shape index (κ1) is 12.3. The normalized spacial score (nSPS) is 15.6. The van der Waals surface area contributed by atoms with Crippen molar-refractivity contribution in [3.05, 3.63) is 70.7 Å². The first-order valence-electron chi connectivity index (χ1n) is 7.09. The molecule has 2 aliphatic rings. The van der Waals surface area contributed by atoms with E-state index in [1.54, 1.807) is 0 Å². The van der Waals surface area contributed by atoms with Crippen LogP contribution in [0.4, 0.5) is 5.69 Å². The van der Waals surface area contributed by atoms with Crippen LogP contribution in [-0.4, -0.2) is 22.7 Å². The first-order valence-corrected chi connectivity index (χ1v) is 7.09. The van der Waals surface area contributed by atoms with Gasteiger partial charge in [0.05, 0.1) is 11.3 Å². The Morgan fingerprint density at radius 1 is 1.14 bits per heavy atom. The number of allylic oxidation sites excluding steroid dienone is 2. The molecule has 2 aliphatic heterocycles. The lowest BCUT2D eigenvalue weighted by molar-refractivity contribution is -0.307. The van der Waals surface area contributed by atoms with Crippen molar-refractivity contribution in [1.82, 2.24) is 4.48 Å². The van der Waals surface area contributed by atoms with Crippen molar-refractivity contribution in [2.24, 2.45) is 0 Å². The molecule has 21 heavy (non-hydrogen) atoms. The highest BCUT2D eigenvalue weighted by Crippen LogP contribution is 2.35. The number of rotatable bonds is 1. The topological polar surface area (TPSA) is 34.0 Å². The molecule has 101 valence electrons. The van der Waals surface area contributed by atoms with Gasteiger partial charge in [0.15, 0.2) is 5.70 Å². The van der Waals surface area contributed by atoms with Crippen LogP contribution in [0.15, 0.2) is 48.2 Å². The maximum atomic E-state index is 5.83. The van der Waals surface area contributed by atoms with Crippen LogP contribution in [0.25, 0.3) is 5.57 Å². The van der Waals surface area contributed by atoms with Crippen LogP contribution in [0.2, 0.25) is 0 Å². The molecule has 4 rings (SSSR count). The summed E-state index contributed by atoms with van der Waals surface area (Å²) in [6.45, 7) is 4.31. The van der Waals surface area contributed by atoms with Crippen molar-refractivity contribution in [2.75, 3.05) is 5.73 Å². The Hall–Kier alpha value is -2.49. The van der Waals surface area contributed by atoms with Crippen LogP contribution in [0.1, 0.15) is 22.5 Å². The minimum Gasteiger partial charge on any atom is -0.399 e. The van der Waals surface area contributed by atoms with E-state index in [9.17, 15) is 0 Å². The maximum absolute atomic E-state index is 5.83. The number of nitrogens with two attached hydrogens (primary N) is 1. The molecule has 1 aromatic heterocycles. The molecule has 0 fully saturated rings. The summed E-state index contributed by atoms with van der Waals surface area (Å²) in [5.74, 6) is 0. The lowest BCUT2D eigenvalue weighted by Crippen LogP contribution is -2.29. The van der Waals surface area contributed by atoms with Crippen LogP contribution in [0, 0.1) is 13.8 Å². The summed E-state index contributed by atoms with van der Waals surface area (Å²) in [5, 5.41) is 0. The van der Waals surface area contributed by atoms with E-state index >= 15 is 0 Å². The zero-order valence-corrected chi connectivity index (χ0v) is 12.2. The summed E-state index contributed by atoms with van der Waals surface area (Å²) in [4.78, 5) is 0. The van der Waals surface area contributed by atoms with Crippen molar-refractivity contribution in [2.45, 2.75) is 13.8 Å². The van der Waals surface area contributed by atoms with Crippen molar-refractivity contribution in [1.29, 1.82) is 0 Å². The largest absolute Gasteiger partial charge is 0.699 e. The second-order valence-corrected chi connectivity index (χ2v) is 5.60. The van der Waals surface area contributed by atoms with E-state index in [1.807, 2.05) is 12.1 Å². The number of aryl methyl sites for hydroxylation is 2. The number of hydrogen-bond donors (Lipinski definition) is 1. The molecule has 0 atom stereocenters. The Morgan fingerprint density at radius 2 is 1.90 bits per heavy atom. The molecule has 0 saturated carbocycles. The third-order valence-corrected chi connectivity index (χ3v) is 4.13. The van der Waals surface area contributed by atoms with Crippen molar-refractivity contribution in [3.63, 3.8) is 0 Å². The van der Waals surface area contributed by atoms with E-state index in [1.165, 1.54) is 33.8 Å². The summed E-state index contributed by atoms with van der Waals surface area (Å²) in [5.41, 5.74) is 14.1. The molecule has 3 heterocycles. The lowest BCUT2D eigenvalue weighted by atomic mass is 9.91. The third-order valence-electron chi connectivity index (χ3n) is 4.13. The van der Waals surface area contributed by atoms with Crippen LogP contribution >= 0.6 is 0 Å². The zero-order valence-electron chi connectivity index (χ0n) is 12.2. The van der Waals surface area contributed by atoms with Gasteiger partial charge in [0.25, 0.3) is 0 Å². The van der Waals surface area contributed by atoms with Gasteiger partial charge in [-0.05, 0) is 43.2 Å². The predicted molar refractivity (Wildman–Crippen MR) is 87.4 cm³/mol. The fourth-order valence-corrected chi connectivity index (χ4v) is 3.17. The fraction of sp³-hybridized carbons (Fsp3) is 0.118. The highest BCUT2D eigenvalue weighted by atomic mass is 15.1. The zero-order chi connectivity index (χ0) is 14.6. The Morgan fingerprint density at radius 3 is 2.67 bits per heavy atom. The molecule has 2 aromatic rings. The molecule has 2 N–H and O–H groups in total. The SMILES string of the molecule is Cc1cc(C)n2c1C(c1ccc(N)cc1)=C1C=CC=[N+]1[B]2. The molecule has 0 unspecified atom stereocenters. The number of nitrogens with zero attached hydrogens (tertiary/aromatic N) is 2. The minimum absolute atomic E-state index is 0.792. The monoisotopic (exact) mass is 273 g/mol. The van der Waals surface area contributed by atoms with Crippen LogP contribution in [0.3, 0.4) is 0 Å². The molecule has 0 amide bonds. The summed E-state index contributed by atoms with van der Waals surface area (Å²) in [7, 11) is 2.15. The van der Waals surface area contributed by atoms with E-state index in [2.05, 4.69) is 66.9 Å². The number of fused-ring (bicyclic) bond motifs is 2. The van der Waals surface area contributed by atoms with E-state index in [-0.39, 0.29) is 0 Å². The highest BCUT2D eigenvalue weighted by molar-refractivity contribution is 6.28. The molecular weight excluding hydrogens is 257 g/mol. The summed E-state index contributed by atoms with van der Waals surface area (Å²) in [6, 6.07) is 10.3. The molecule has 0 spiro atoms. The molecule has 1 aromatic carbocycles. The maximum Gasteiger partial charge on any atom is 0.699 e. The number of benzene rings is 1. The smallest absolute Gasteiger partial charge is 0.399 e.